The summed E-state index contributed by atoms with van der Waals surface area (Å²) in [5.41, 5.74) is 2.02. The van der Waals surface area contributed by atoms with E-state index < -0.39 is 34.3 Å². The molecule has 0 spiro atoms. The largest absolute Gasteiger partial charge is 0.494 e. The normalized spacial score (nSPS) is 14.3. The molecule has 1 aliphatic carbocycles. The predicted octanol–water partition coefficient (Wildman–Crippen LogP) is 5.20. The standard InChI is InChI=1S/C32H38FN3O5S/c1-4-41-29-17-15-28(16-18-29)36(42(39,40)30-19-13-26(33)14-20-30)22-31(37)35(21-25-10-6-5-9-23(25)2)24(3)32(38)34-27-11-7-8-12-27/h5-6,9-10,13-20,24,27H,4,7-8,11-12,21-22H2,1-3H3,(H,34,38). The molecule has 0 aliphatic heterocycles. The van der Waals surface area contributed by atoms with Gasteiger partial charge in [0.1, 0.15) is 24.2 Å². The Morgan fingerprint density at radius 1 is 1.00 bits per heavy atom. The highest BCUT2D eigenvalue weighted by Gasteiger charge is 2.33. The maximum Gasteiger partial charge on any atom is 0.264 e. The molecule has 1 fully saturated rings. The van der Waals surface area contributed by atoms with Crippen molar-refractivity contribution >= 4 is 27.5 Å². The van der Waals surface area contributed by atoms with Gasteiger partial charge in [-0.05, 0) is 93.3 Å². The first-order valence-electron chi connectivity index (χ1n) is 14.3. The molecule has 3 aromatic carbocycles. The number of sulfonamides is 1. The van der Waals surface area contributed by atoms with E-state index in [-0.39, 0.29) is 29.1 Å². The summed E-state index contributed by atoms with van der Waals surface area (Å²) in [6.07, 6.45) is 3.88. The van der Waals surface area contributed by atoms with E-state index in [1.807, 2.05) is 38.1 Å². The molecule has 8 nitrogen and oxygen atoms in total. The Labute approximate surface area is 247 Å². The van der Waals surface area contributed by atoms with Crippen molar-refractivity contribution in [2.75, 3.05) is 17.5 Å². The lowest BCUT2D eigenvalue weighted by Gasteiger charge is -2.33. The number of nitrogens with zero attached hydrogens (tertiary/aromatic N) is 2. The maximum absolute atomic E-state index is 14.1. The monoisotopic (exact) mass is 595 g/mol. The first-order chi connectivity index (χ1) is 20.1. The minimum Gasteiger partial charge on any atom is -0.494 e. The molecule has 1 N–H and O–H groups in total. The second-order valence-corrected chi connectivity index (χ2v) is 12.4. The average Bonchev–Trinajstić information content (AvgIpc) is 3.49. The number of carbonyl (C=O) groups excluding carboxylic acids is 2. The van der Waals surface area contributed by atoms with Gasteiger partial charge in [-0.15, -0.1) is 0 Å². The number of halogens is 1. The number of rotatable bonds is 12. The van der Waals surface area contributed by atoms with E-state index in [0.29, 0.717) is 12.4 Å². The van der Waals surface area contributed by atoms with E-state index in [9.17, 15) is 22.4 Å². The van der Waals surface area contributed by atoms with Crippen molar-refractivity contribution in [2.24, 2.45) is 0 Å². The number of benzene rings is 3. The van der Waals surface area contributed by atoms with Gasteiger partial charge in [0.25, 0.3) is 10.0 Å². The highest BCUT2D eigenvalue weighted by molar-refractivity contribution is 7.92. The van der Waals surface area contributed by atoms with Crippen molar-refractivity contribution < 1.29 is 27.1 Å². The van der Waals surface area contributed by atoms with Gasteiger partial charge in [0.15, 0.2) is 0 Å². The molecule has 0 radical (unpaired) electrons. The van der Waals surface area contributed by atoms with Crippen LogP contribution in [0.5, 0.6) is 5.75 Å². The molecule has 2 amide bonds. The summed E-state index contributed by atoms with van der Waals surface area (Å²) in [4.78, 5) is 28.7. The molecule has 42 heavy (non-hydrogen) atoms. The van der Waals surface area contributed by atoms with Crippen LogP contribution in [0.1, 0.15) is 50.7 Å². The summed E-state index contributed by atoms with van der Waals surface area (Å²) >= 11 is 0. The van der Waals surface area contributed by atoms with Gasteiger partial charge in [-0.25, -0.2) is 12.8 Å². The van der Waals surface area contributed by atoms with Crippen molar-refractivity contribution in [3.8, 4) is 5.75 Å². The number of nitrogens with one attached hydrogen (secondary N) is 1. The third-order valence-electron chi connectivity index (χ3n) is 7.59. The van der Waals surface area contributed by atoms with Crippen LogP contribution in [0.15, 0.2) is 77.7 Å². The Hall–Kier alpha value is -3.92. The molecule has 4 rings (SSSR count). The lowest BCUT2D eigenvalue weighted by atomic mass is 10.1. The topological polar surface area (TPSA) is 96.0 Å². The molecule has 0 saturated heterocycles. The van der Waals surface area contributed by atoms with Crippen molar-refractivity contribution in [1.29, 1.82) is 0 Å². The Kier molecular flexibility index (Phi) is 10.2. The van der Waals surface area contributed by atoms with E-state index >= 15 is 0 Å². The second-order valence-electron chi connectivity index (χ2n) is 10.5. The molecule has 1 aliphatic rings. The molecule has 10 heteroatoms. The minimum absolute atomic E-state index is 0.0644. The smallest absolute Gasteiger partial charge is 0.264 e. The Morgan fingerprint density at radius 3 is 2.26 bits per heavy atom. The fraction of sp³-hybridized carbons (Fsp3) is 0.375. The Bertz CT molecular complexity index is 1470. The van der Waals surface area contributed by atoms with E-state index in [1.54, 1.807) is 31.2 Å². The van der Waals surface area contributed by atoms with E-state index in [4.69, 9.17) is 4.74 Å². The van der Waals surface area contributed by atoms with Crippen LogP contribution < -0.4 is 14.4 Å². The summed E-state index contributed by atoms with van der Waals surface area (Å²) in [6.45, 7) is 5.41. The molecule has 1 saturated carbocycles. The van der Waals surface area contributed by atoms with Crippen molar-refractivity contribution in [3.63, 3.8) is 0 Å². The summed E-state index contributed by atoms with van der Waals surface area (Å²) in [7, 11) is -4.29. The van der Waals surface area contributed by atoms with E-state index in [0.717, 1.165) is 53.2 Å². The van der Waals surface area contributed by atoms with Gasteiger partial charge in [0, 0.05) is 12.6 Å². The van der Waals surface area contributed by atoms with Gasteiger partial charge in [0.05, 0.1) is 17.2 Å². The van der Waals surface area contributed by atoms with Crippen LogP contribution in [0.2, 0.25) is 0 Å². The molecule has 0 bridgehead atoms. The lowest BCUT2D eigenvalue weighted by Crippen LogP contribution is -2.52. The highest BCUT2D eigenvalue weighted by atomic mass is 32.2. The molecule has 0 aromatic heterocycles. The number of carbonyl (C=O) groups is 2. The molecular weight excluding hydrogens is 557 g/mol. The lowest BCUT2D eigenvalue weighted by molar-refractivity contribution is -0.139. The van der Waals surface area contributed by atoms with Crippen LogP contribution in [-0.2, 0) is 26.2 Å². The zero-order valence-corrected chi connectivity index (χ0v) is 25.1. The fourth-order valence-corrected chi connectivity index (χ4v) is 6.50. The molecule has 3 aromatic rings. The summed E-state index contributed by atoms with van der Waals surface area (Å²) in [6, 6.07) is 17.6. The van der Waals surface area contributed by atoms with Crippen molar-refractivity contribution in [2.45, 2.75) is 70.0 Å². The van der Waals surface area contributed by atoms with Gasteiger partial charge in [-0.1, -0.05) is 37.1 Å². The van der Waals surface area contributed by atoms with E-state index in [2.05, 4.69) is 5.32 Å². The van der Waals surface area contributed by atoms with Crippen molar-refractivity contribution in [3.05, 3.63) is 89.7 Å². The fourth-order valence-electron chi connectivity index (χ4n) is 5.08. The number of ether oxygens (including phenoxy) is 1. The van der Waals surface area contributed by atoms with Gasteiger partial charge < -0.3 is 15.0 Å². The van der Waals surface area contributed by atoms with Gasteiger partial charge >= 0.3 is 0 Å². The number of hydrogen-bond acceptors (Lipinski definition) is 5. The molecular formula is C32H38FN3O5S. The van der Waals surface area contributed by atoms with Gasteiger partial charge in [0.2, 0.25) is 11.8 Å². The molecule has 1 atom stereocenters. The minimum atomic E-state index is -4.29. The van der Waals surface area contributed by atoms with Crippen LogP contribution in [0, 0.1) is 12.7 Å². The molecule has 0 heterocycles. The Morgan fingerprint density at radius 2 is 1.64 bits per heavy atom. The summed E-state index contributed by atoms with van der Waals surface area (Å²) < 4.78 is 47.9. The third-order valence-corrected chi connectivity index (χ3v) is 9.38. The number of anilines is 1. The van der Waals surface area contributed by atoms with E-state index in [1.165, 1.54) is 17.0 Å². The zero-order valence-electron chi connectivity index (χ0n) is 24.3. The maximum atomic E-state index is 14.1. The zero-order chi connectivity index (χ0) is 30.3. The first-order valence-corrected chi connectivity index (χ1v) is 15.7. The number of amides is 2. The van der Waals surface area contributed by atoms with Crippen LogP contribution in [0.4, 0.5) is 10.1 Å². The van der Waals surface area contributed by atoms with Gasteiger partial charge in [-0.3, -0.25) is 13.9 Å². The van der Waals surface area contributed by atoms with Crippen LogP contribution >= 0.6 is 0 Å². The quantitative estimate of drug-likeness (QED) is 0.310. The second kappa shape index (κ2) is 13.8. The van der Waals surface area contributed by atoms with Crippen LogP contribution in [0.3, 0.4) is 0 Å². The SMILES string of the molecule is CCOc1ccc(N(CC(=O)N(Cc2ccccc2C)C(C)C(=O)NC2CCCC2)S(=O)(=O)c2ccc(F)cc2)cc1. The van der Waals surface area contributed by atoms with Crippen LogP contribution in [0.25, 0.3) is 0 Å². The first kappa shape index (κ1) is 31.0. The highest BCUT2D eigenvalue weighted by Crippen LogP contribution is 2.27. The number of aryl methyl sites for hydroxylation is 1. The average molecular weight is 596 g/mol. The van der Waals surface area contributed by atoms with Crippen LogP contribution in [-0.4, -0.2) is 50.4 Å². The van der Waals surface area contributed by atoms with Crippen molar-refractivity contribution in [1.82, 2.24) is 10.2 Å². The Balaban J connectivity index is 1.69. The van der Waals surface area contributed by atoms with Gasteiger partial charge in [-0.2, -0.15) is 0 Å². The summed E-state index contributed by atoms with van der Waals surface area (Å²) in [5.74, 6) is -0.862. The number of hydrogen-bond donors (Lipinski definition) is 1. The molecule has 224 valence electrons. The predicted molar refractivity (Wildman–Crippen MR) is 160 cm³/mol. The summed E-state index contributed by atoms with van der Waals surface area (Å²) in [5, 5.41) is 3.06. The molecule has 1 unspecified atom stereocenters. The third kappa shape index (κ3) is 7.47.